The molecule has 1 rings (SSSR count). The fourth-order valence-electron chi connectivity index (χ4n) is 0.519. The van der Waals surface area contributed by atoms with Gasteiger partial charge in [-0.15, -0.1) is 11.3 Å². The van der Waals surface area contributed by atoms with E-state index < -0.39 is 0 Å². The van der Waals surface area contributed by atoms with Gasteiger partial charge < -0.3 is 11.5 Å². The summed E-state index contributed by atoms with van der Waals surface area (Å²) in [5, 5.41) is 0.609. The lowest BCUT2D eigenvalue weighted by atomic mass is 10.3. The maximum atomic E-state index is 5.69. The average Bonchev–Trinajstić information content (AvgIpc) is 1.98. The third-order valence-corrected chi connectivity index (χ3v) is 2.60. The highest BCUT2D eigenvalue weighted by Crippen LogP contribution is 2.35. The Kier molecular flexibility index (Phi) is 1.55. The van der Waals surface area contributed by atoms with Crippen LogP contribution in [0.3, 0.4) is 0 Å². The van der Waals surface area contributed by atoms with Crippen molar-refractivity contribution in [2.75, 3.05) is 11.5 Å². The zero-order valence-electron chi connectivity index (χ0n) is 4.94. The van der Waals surface area contributed by atoms with E-state index in [1.807, 2.05) is 6.92 Å². The van der Waals surface area contributed by atoms with E-state index in [2.05, 4.69) is 0 Å². The van der Waals surface area contributed by atoms with Gasteiger partial charge in [0.15, 0.2) is 0 Å². The number of thiophene rings is 1. The first-order valence-electron chi connectivity index (χ1n) is 2.42. The summed E-state index contributed by atoms with van der Waals surface area (Å²) in [6.07, 6.45) is 0. The molecule has 1 heterocycles. The van der Waals surface area contributed by atoms with Crippen LogP contribution in [0.5, 0.6) is 0 Å². The molecule has 4 heteroatoms. The van der Waals surface area contributed by atoms with E-state index in [-0.39, 0.29) is 0 Å². The molecule has 1 aromatic heterocycles. The van der Waals surface area contributed by atoms with Crippen molar-refractivity contribution in [1.82, 2.24) is 0 Å². The molecule has 4 N–H and O–H groups in total. The highest BCUT2D eigenvalue weighted by atomic mass is 35.5. The van der Waals surface area contributed by atoms with Crippen molar-refractivity contribution in [2.24, 2.45) is 0 Å². The van der Waals surface area contributed by atoms with Gasteiger partial charge in [0.2, 0.25) is 0 Å². The molecule has 0 aliphatic rings. The highest BCUT2D eigenvalue weighted by molar-refractivity contribution is 7.20. The number of hydrogen-bond acceptors (Lipinski definition) is 3. The molecule has 0 aliphatic carbocycles. The van der Waals surface area contributed by atoms with Crippen molar-refractivity contribution < 1.29 is 0 Å². The minimum absolute atomic E-state index is 0.609. The Balaban J connectivity index is 3.29. The number of nitrogens with two attached hydrogens (primary N) is 2. The van der Waals surface area contributed by atoms with Crippen molar-refractivity contribution in [3.05, 3.63) is 9.90 Å². The predicted octanol–water partition coefficient (Wildman–Crippen LogP) is 1.87. The van der Waals surface area contributed by atoms with Gasteiger partial charge >= 0.3 is 0 Å². The Labute approximate surface area is 62.4 Å². The highest BCUT2D eigenvalue weighted by Gasteiger charge is 2.06. The van der Waals surface area contributed by atoms with E-state index in [0.29, 0.717) is 15.0 Å². The van der Waals surface area contributed by atoms with Crippen LogP contribution in [0.1, 0.15) is 5.56 Å². The molecule has 2 nitrogen and oxygen atoms in total. The molecule has 0 bridgehead atoms. The van der Waals surface area contributed by atoms with E-state index in [1.165, 1.54) is 11.3 Å². The van der Waals surface area contributed by atoms with Crippen LogP contribution < -0.4 is 11.5 Å². The van der Waals surface area contributed by atoms with Crippen LogP contribution in [0.25, 0.3) is 0 Å². The maximum Gasteiger partial charge on any atom is 0.111 e. The third-order valence-electron chi connectivity index (χ3n) is 1.16. The topological polar surface area (TPSA) is 52.0 Å². The summed E-state index contributed by atoms with van der Waals surface area (Å²) in [5.41, 5.74) is 12.5. The maximum absolute atomic E-state index is 5.69. The van der Waals surface area contributed by atoms with Gasteiger partial charge in [-0.25, -0.2) is 0 Å². The van der Waals surface area contributed by atoms with E-state index in [9.17, 15) is 0 Å². The number of nitrogen functional groups attached to an aromatic ring is 2. The summed E-state index contributed by atoms with van der Waals surface area (Å²) < 4.78 is 0.685. The standard InChI is InChI=1S/C5H7ClN2S/c1-2-3(7)5(8)9-4(2)6/h7-8H2,1H3. The largest absolute Gasteiger partial charge is 0.396 e. The van der Waals surface area contributed by atoms with Crippen molar-refractivity contribution in [1.29, 1.82) is 0 Å². The van der Waals surface area contributed by atoms with Crippen LogP contribution >= 0.6 is 22.9 Å². The van der Waals surface area contributed by atoms with Gasteiger partial charge in [-0.1, -0.05) is 11.6 Å². The van der Waals surface area contributed by atoms with E-state index in [1.54, 1.807) is 0 Å². The van der Waals surface area contributed by atoms with Gasteiger partial charge in [0, 0.05) is 5.56 Å². The Morgan fingerprint density at radius 2 is 2.00 bits per heavy atom. The quantitative estimate of drug-likeness (QED) is 0.612. The fourth-order valence-corrected chi connectivity index (χ4v) is 1.59. The van der Waals surface area contributed by atoms with Crippen LogP contribution in [0.15, 0.2) is 0 Å². The first kappa shape index (κ1) is 6.71. The molecule has 0 amide bonds. The molecule has 9 heavy (non-hydrogen) atoms. The monoisotopic (exact) mass is 162 g/mol. The Hall–Kier alpha value is -0.410. The van der Waals surface area contributed by atoms with E-state index >= 15 is 0 Å². The Morgan fingerprint density at radius 3 is 2.11 bits per heavy atom. The smallest absolute Gasteiger partial charge is 0.111 e. The van der Waals surface area contributed by atoms with Gasteiger partial charge in [0.25, 0.3) is 0 Å². The third kappa shape index (κ3) is 0.976. The van der Waals surface area contributed by atoms with Crippen LogP contribution in [0, 0.1) is 6.92 Å². The Morgan fingerprint density at radius 1 is 1.44 bits per heavy atom. The van der Waals surface area contributed by atoms with E-state index in [4.69, 9.17) is 23.1 Å². The molecular weight excluding hydrogens is 156 g/mol. The lowest BCUT2D eigenvalue weighted by molar-refractivity contribution is 1.55. The first-order valence-corrected chi connectivity index (χ1v) is 3.62. The summed E-state index contributed by atoms with van der Waals surface area (Å²) in [6.45, 7) is 1.85. The summed E-state index contributed by atoms with van der Waals surface area (Å²) >= 11 is 7.01. The minimum atomic E-state index is 0.609. The average molecular weight is 163 g/mol. The van der Waals surface area contributed by atoms with Crippen LogP contribution in [0.4, 0.5) is 10.7 Å². The molecule has 0 fully saturated rings. The zero-order valence-corrected chi connectivity index (χ0v) is 6.51. The lowest BCUT2D eigenvalue weighted by Gasteiger charge is -1.88. The minimum Gasteiger partial charge on any atom is -0.396 e. The molecular formula is C5H7ClN2S. The molecule has 0 radical (unpaired) electrons. The Bertz CT molecular complexity index is 209. The van der Waals surface area contributed by atoms with Crippen LogP contribution in [-0.2, 0) is 0 Å². The second-order valence-corrected chi connectivity index (χ2v) is 3.43. The molecule has 0 saturated carbocycles. The number of rotatable bonds is 0. The molecule has 1 aromatic rings. The second kappa shape index (κ2) is 2.08. The van der Waals surface area contributed by atoms with Gasteiger partial charge in [-0.3, -0.25) is 0 Å². The summed E-state index contributed by atoms with van der Waals surface area (Å²) in [4.78, 5) is 0. The molecule has 0 unspecified atom stereocenters. The number of halogens is 1. The normalized spacial score (nSPS) is 10.0. The number of anilines is 2. The SMILES string of the molecule is Cc1c(Cl)sc(N)c1N. The molecule has 0 aliphatic heterocycles. The predicted molar refractivity (Wildman–Crippen MR) is 42.9 cm³/mol. The van der Waals surface area contributed by atoms with Crippen molar-refractivity contribution in [3.63, 3.8) is 0 Å². The van der Waals surface area contributed by atoms with Gasteiger partial charge in [0.1, 0.15) is 5.00 Å². The molecule has 50 valence electrons. The van der Waals surface area contributed by atoms with Crippen LogP contribution in [-0.4, -0.2) is 0 Å². The first-order chi connectivity index (χ1) is 4.13. The van der Waals surface area contributed by atoms with Gasteiger partial charge in [-0.05, 0) is 6.92 Å². The molecule has 0 spiro atoms. The summed E-state index contributed by atoms with van der Waals surface area (Å²) in [5.74, 6) is 0. The van der Waals surface area contributed by atoms with Crippen molar-refractivity contribution in [2.45, 2.75) is 6.92 Å². The summed E-state index contributed by atoms with van der Waals surface area (Å²) in [6, 6.07) is 0. The van der Waals surface area contributed by atoms with Gasteiger partial charge in [-0.2, -0.15) is 0 Å². The molecule has 0 saturated heterocycles. The lowest BCUT2D eigenvalue weighted by Crippen LogP contribution is -1.89. The van der Waals surface area contributed by atoms with Crippen molar-refractivity contribution >= 4 is 33.6 Å². The second-order valence-electron chi connectivity index (χ2n) is 1.78. The van der Waals surface area contributed by atoms with Crippen molar-refractivity contribution in [3.8, 4) is 0 Å². The molecule has 0 aromatic carbocycles. The van der Waals surface area contributed by atoms with Crippen LogP contribution in [0.2, 0.25) is 4.34 Å². The van der Waals surface area contributed by atoms with Gasteiger partial charge in [0.05, 0.1) is 10.0 Å². The fraction of sp³-hybridized carbons (Fsp3) is 0.200. The van der Waals surface area contributed by atoms with E-state index in [0.717, 1.165) is 5.56 Å². The zero-order chi connectivity index (χ0) is 7.02. The number of hydrogen-bond donors (Lipinski definition) is 2. The molecule has 0 atom stereocenters. The summed E-state index contributed by atoms with van der Waals surface area (Å²) in [7, 11) is 0.